The molecule has 1 aromatic carbocycles. The quantitative estimate of drug-likeness (QED) is 0.903. The maximum atomic E-state index is 13.7. The number of hydrogen-bond donors (Lipinski definition) is 2. The number of nitrogens with zero attached hydrogens (tertiary/aromatic N) is 1. The first kappa shape index (κ1) is 14.4. The van der Waals surface area contributed by atoms with E-state index in [1.807, 2.05) is 13.0 Å². The van der Waals surface area contributed by atoms with Crippen molar-refractivity contribution in [1.82, 2.24) is 10.3 Å². The average molecular weight is 277 g/mol. The summed E-state index contributed by atoms with van der Waals surface area (Å²) in [6.45, 7) is 1.93. The van der Waals surface area contributed by atoms with Gasteiger partial charge >= 0.3 is 0 Å². The zero-order valence-electron chi connectivity index (χ0n) is 11.5. The number of rotatable bonds is 4. The molecule has 0 saturated heterocycles. The fourth-order valence-electron chi connectivity index (χ4n) is 2.30. The Labute approximate surface area is 116 Å². The highest BCUT2D eigenvalue weighted by Crippen LogP contribution is 2.26. The lowest BCUT2D eigenvalue weighted by atomic mass is 9.96. The van der Waals surface area contributed by atoms with Crippen LogP contribution in [0, 0.1) is 18.6 Å². The number of benzene rings is 1. The number of aromatic nitrogens is 1. The molecule has 0 saturated carbocycles. The predicted molar refractivity (Wildman–Crippen MR) is 75.2 cm³/mol. The van der Waals surface area contributed by atoms with Crippen molar-refractivity contribution >= 4 is 5.82 Å². The van der Waals surface area contributed by atoms with Gasteiger partial charge in [0.05, 0.1) is 0 Å². The van der Waals surface area contributed by atoms with Crippen molar-refractivity contribution < 1.29 is 8.78 Å². The van der Waals surface area contributed by atoms with Crippen LogP contribution in [0.2, 0.25) is 0 Å². The second-order valence-electron chi connectivity index (χ2n) is 4.71. The third-order valence-corrected chi connectivity index (χ3v) is 3.38. The van der Waals surface area contributed by atoms with Crippen molar-refractivity contribution in [3.05, 3.63) is 58.8 Å². The lowest BCUT2D eigenvalue weighted by Gasteiger charge is -2.20. The second kappa shape index (κ2) is 5.96. The van der Waals surface area contributed by atoms with Crippen molar-refractivity contribution in [2.75, 3.05) is 12.8 Å². The largest absolute Gasteiger partial charge is 0.383 e. The van der Waals surface area contributed by atoms with Gasteiger partial charge in [-0.1, -0.05) is 6.07 Å². The van der Waals surface area contributed by atoms with E-state index in [1.165, 1.54) is 12.1 Å². The fraction of sp³-hybridized carbons (Fsp3) is 0.267. The molecule has 0 bridgehead atoms. The molecule has 1 aromatic heterocycles. The summed E-state index contributed by atoms with van der Waals surface area (Å²) in [6.07, 6.45) is 2.01. The molecule has 1 atom stereocenters. The molecule has 106 valence electrons. The van der Waals surface area contributed by atoms with Gasteiger partial charge in [-0.2, -0.15) is 0 Å². The van der Waals surface area contributed by atoms with Crippen LogP contribution in [0.4, 0.5) is 14.6 Å². The van der Waals surface area contributed by atoms with Gasteiger partial charge in [-0.15, -0.1) is 0 Å². The molecular formula is C15H17F2N3. The summed E-state index contributed by atoms with van der Waals surface area (Å²) >= 11 is 0. The van der Waals surface area contributed by atoms with Crippen molar-refractivity contribution in [3.63, 3.8) is 0 Å². The Hall–Kier alpha value is -2.01. The van der Waals surface area contributed by atoms with Gasteiger partial charge in [0.15, 0.2) is 0 Å². The van der Waals surface area contributed by atoms with E-state index in [4.69, 9.17) is 5.73 Å². The number of anilines is 1. The summed E-state index contributed by atoms with van der Waals surface area (Å²) in [7, 11) is 1.78. The van der Waals surface area contributed by atoms with Crippen LogP contribution in [0.1, 0.15) is 22.7 Å². The Bertz CT molecular complexity index is 594. The molecule has 1 heterocycles. The Kier molecular flexibility index (Phi) is 4.29. The number of likely N-dealkylation sites (N-methyl/N-ethyl adjacent to an activating group) is 1. The van der Waals surface area contributed by atoms with Crippen LogP contribution in [0.3, 0.4) is 0 Å². The summed E-state index contributed by atoms with van der Waals surface area (Å²) in [5.74, 6) is -0.707. The number of hydrogen-bond acceptors (Lipinski definition) is 3. The number of nitrogens with two attached hydrogens (primary N) is 1. The molecular weight excluding hydrogens is 260 g/mol. The smallest absolute Gasteiger partial charge is 0.129 e. The zero-order valence-corrected chi connectivity index (χ0v) is 11.5. The van der Waals surface area contributed by atoms with E-state index in [0.717, 1.165) is 17.2 Å². The van der Waals surface area contributed by atoms with Crippen LogP contribution >= 0.6 is 0 Å². The van der Waals surface area contributed by atoms with E-state index in [1.54, 1.807) is 13.2 Å². The highest BCUT2D eigenvalue weighted by molar-refractivity contribution is 5.46. The number of aryl methyl sites for hydroxylation is 1. The van der Waals surface area contributed by atoms with Crippen LogP contribution in [0.5, 0.6) is 0 Å². The normalized spacial score (nSPS) is 12.4. The Morgan fingerprint density at radius 1 is 1.30 bits per heavy atom. The van der Waals surface area contributed by atoms with Crippen molar-refractivity contribution in [2.45, 2.75) is 19.4 Å². The van der Waals surface area contributed by atoms with Gasteiger partial charge in [-0.05, 0) is 43.7 Å². The van der Waals surface area contributed by atoms with Crippen LogP contribution in [-0.4, -0.2) is 12.0 Å². The van der Waals surface area contributed by atoms with Gasteiger partial charge in [-0.3, -0.25) is 0 Å². The van der Waals surface area contributed by atoms with Crippen LogP contribution in [-0.2, 0) is 6.42 Å². The van der Waals surface area contributed by atoms with Crippen molar-refractivity contribution in [3.8, 4) is 0 Å². The van der Waals surface area contributed by atoms with Gasteiger partial charge in [-0.25, -0.2) is 13.8 Å². The van der Waals surface area contributed by atoms with E-state index in [-0.39, 0.29) is 6.04 Å². The van der Waals surface area contributed by atoms with E-state index in [2.05, 4.69) is 10.3 Å². The van der Waals surface area contributed by atoms with Crippen LogP contribution in [0.15, 0.2) is 30.5 Å². The second-order valence-corrected chi connectivity index (χ2v) is 4.71. The van der Waals surface area contributed by atoms with Gasteiger partial charge < -0.3 is 11.1 Å². The predicted octanol–water partition coefficient (Wildman–Crippen LogP) is 2.75. The zero-order chi connectivity index (χ0) is 14.7. The summed E-state index contributed by atoms with van der Waals surface area (Å²) in [5.41, 5.74) is 8.18. The Balaban J connectivity index is 2.34. The first-order chi connectivity index (χ1) is 9.52. The molecule has 0 aliphatic carbocycles. The first-order valence-corrected chi connectivity index (χ1v) is 6.35. The number of nitrogen functional groups attached to an aromatic ring is 1. The molecule has 3 N–H and O–H groups in total. The molecule has 0 spiro atoms. The van der Waals surface area contributed by atoms with Gasteiger partial charge in [0.1, 0.15) is 17.5 Å². The SMILES string of the molecule is CNC(Cc1ccc(F)cc1F)c1c(C)ccnc1N. The molecule has 20 heavy (non-hydrogen) atoms. The van der Waals surface area contributed by atoms with Crippen molar-refractivity contribution in [1.29, 1.82) is 0 Å². The molecule has 2 aromatic rings. The maximum absolute atomic E-state index is 13.7. The molecule has 0 aliphatic heterocycles. The maximum Gasteiger partial charge on any atom is 0.129 e. The third kappa shape index (κ3) is 2.93. The summed E-state index contributed by atoms with van der Waals surface area (Å²) < 4.78 is 26.7. The molecule has 3 nitrogen and oxygen atoms in total. The standard InChI is InChI=1S/C15H17F2N3/c1-9-5-6-20-15(18)14(9)13(19-2)7-10-3-4-11(16)8-12(10)17/h3-6,8,13,19H,7H2,1-2H3,(H2,18,20). The van der Waals surface area contributed by atoms with Gasteiger partial charge in [0, 0.05) is 23.9 Å². The Morgan fingerprint density at radius 2 is 2.05 bits per heavy atom. The molecule has 0 fully saturated rings. The summed E-state index contributed by atoms with van der Waals surface area (Å²) in [4.78, 5) is 4.07. The first-order valence-electron chi connectivity index (χ1n) is 6.35. The topological polar surface area (TPSA) is 50.9 Å². The molecule has 0 amide bonds. The molecule has 0 radical (unpaired) electrons. The molecule has 5 heteroatoms. The monoisotopic (exact) mass is 277 g/mol. The summed E-state index contributed by atoms with van der Waals surface area (Å²) in [6, 6.07) is 5.28. The fourth-order valence-corrected chi connectivity index (χ4v) is 2.30. The highest BCUT2D eigenvalue weighted by atomic mass is 19.1. The Morgan fingerprint density at radius 3 is 2.65 bits per heavy atom. The number of halogens is 2. The number of nitrogens with one attached hydrogen (secondary N) is 1. The van der Waals surface area contributed by atoms with E-state index in [9.17, 15) is 8.78 Å². The van der Waals surface area contributed by atoms with Crippen LogP contribution in [0.25, 0.3) is 0 Å². The van der Waals surface area contributed by atoms with Gasteiger partial charge in [0.25, 0.3) is 0 Å². The lowest BCUT2D eigenvalue weighted by molar-refractivity contribution is 0.539. The molecule has 1 unspecified atom stereocenters. The summed E-state index contributed by atoms with van der Waals surface area (Å²) in [5, 5.41) is 3.11. The third-order valence-electron chi connectivity index (χ3n) is 3.38. The average Bonchev–Trinajstić information content (AvgIpc) is 2.39. The van der Waals surface area contributed by atoms with Gasteiger partial charge in [0.2, 0.25) is 0 Å². The van der Waals surface area contributed by atoms with E-state index in [0.29, 0.717) is 17.8 Å². The minimum atomic E-state index is -0.579. The van der Waals surface area contributed by atoms with Crippen LogP contribution < -0.4 is 11.1 Å². The molecule has 0 aliphatic rings. The highest BCUT2D eigenvalue weighted by Gasteiger charge is 2.18. The van der Waals surface area contributed by atoms with E-state index < -0.39 is 11.6 Å². The molecule has 2 rings (SSSR count). The minimum Gasteiger partial charge on any atom is -0.383 e. The number of pyridine rings is 1. The lowest BCUT2D eigenvalue weighted by Crippen LogP contribution is -2.22. The minimum absolute atomic E-state index is 0.177. The van der Waals surface area contributed by atoms with E-state index >= 15 is 0 Å². The van der Waals surface area contributed by atoms with Crippen molar-refractivity contribution in [2.24, 2.45) is 0 Å².